The Balaban J connectivity index is 1.79. The van der Waals surface area contributed by atoms with Crippen LogP contribution < -0.4 is 4.74 Å². The highest BCUT2D eigenvalue weighted by atomic mass is 16.6. The molecule has 1 aromatic heterocycles. The normalized spacial score (nSPS) is 12.1. The van der Waals surface area contributed by atoms with Crippen molar-refractivity contribution in [2.75, 3.05) is 6.61 Å². The molecule has 1 atom stereocenters. The second-order valence-electron chi connectivity index (χ2n) is 5.77. The zero-order valence-electron chi connectivity index (χ0n) is 14.0. The molecule has 4 nitrogen and oxygen atoms in total. The first-order valence-electron chi connectivity index (χ1n) is 8.36. The Hall–Kier alpha value is -2.10. The Bertz CT molecular complexity index is 622. The van der Waals surface area contributed by atoms with Crippen LogP contribution in [-0.2, 0) is 9.53 Å². The lowest BCUT2D eigenvalue weighted by molar-refractivity contribution is -0.150. The molecule has 124 valence electrons. The van der Waals surface area contributed by atoms with E-state index in [9.17, 15) is 4.79 Å². The summed E-state index contributed by atoms with van der Waals surface area (Å²) in [6.07, 6.45) is 7.29. The predicted molar refractivity (Wildman–Crippen MR) is 91.6 cm³/mol. The third-order valence-corrected chi connectivity index (χ3v) is 3.74. The van der Waals surface area contributed by atoms with Gasteiger partial charge >= 0.3 is 5.97 Å². The monoisotopic (exact) mass is 315 g/mol. The second kappa shape index (κ2) is 9.13. The Labute approximate surface area is 137 Å². The van der Waals surface area contributed by atoms with Gasteiger partial charge in [0.25, 0.3) is 0 Å². The van der Waals surface area contributed by atoms with Gasteiger partial charge in [0.05, 0.1) is 6.10 Å². The average Bonchev–Trinajstić information content (AvgIpc) is 2.57. The number of rotatable bonds is 9. The summed E-state index contributed by atoms with van der Waals surface area (Å²) < 4.78 is 11.0. The molecule has 0 bridgehead atoms. The van der Waals surface area contributed by atoms with E-state index in [0.717, 1.165) is 23.7 Å². The van der Waals surface area contributed by atoms with E-state index in [0.29, 0.717) is 5.75 Å². The van der Waals surface area contributed by atoms with Crippen molar-refractivity contribution in [3.63, 3.8) is 0 Å². The molecule has 0 aliphatic heterocycles. The van der Waals surface area contributed by atoms with Gasteiger partial charge in [0.15, 0.2) is 6.61 Å². The Morgan fingerprint density at radius 1 is 1.17 bits per heavy atom. The van der Waals surface area contributed by atoms with Crippen molar-refractivity contribution in [3.05, 3.63) is 36.5 Å². The minimum absolute atomic E-state index is 0.0615. The Kier molecular flexibility index (Phi) is 6.85. The molecular weight excluding hydrogens is 290 g/mol. The van der Waals surface area contributed by atoms with E-state index in [2.05, 4.69) is 11.9 Å². The van der Waals surface area contributed by atoms with Gasteiger partial charge in [0, 0.05) is 11.6 Å². The largest absolute Gasteiger partial charge is 0.480 e. The maximum absolute atomic E-state index is 11.9. The standard InChI is InChI=1S/C19H25NO3/c1-3-4-5-6-9-15(2)23-18(21)14-22-17-12-7-10-16-11-8-13-20-19(16)17/h7-8,10-13,15H,3-6,9,14H2,1-2H3. The van der Waals surface area contributed by atoms with E-state index >= 15 is 0 Å². The van der Waals surface area contributed by atoms with E-state index in [1.54, 1.807) is 6.20 Å². The van der Waals surface area contributed by atoms with E-state index in [1.165, 1.54) is 19.3 Å². The van der Waals surface area contributed by atoms with Gasteiger partial charge in [-0.2, -0.15) is 0 Å². The van der Waals surface area contributed by atoms with Crippen LogP contribution in [0.2, 0.25) is 0 Å². The third-order valence-electron chi connectivity index (χ3n) is 3.74. The quantitative estimate of drug-likeness (QED) is 0.504. The summed E-state index contributed by atoms with van der Waals surface area (Å²) >= 11 is 0. The smallest absolute Gasteiger partial charge is 0.344 e. The zero-order valence-corrected chi connectivity index (χ0v) is 14.0. The minimum atomic E-state index is -0.332. The van der Waals surface area contributed by atoms with Gasteiger partial charge in [0.2, 0.25) is 0 Å². The van der Waals surface area contributed by atoms with Gasteiger partial charge in [-0.25, -0.2) is 4.79 Å². The first-order valence-corrected chi connectivity index (χ1v) is 8.36. The number of fused-ring (bicyclic) bond motifs is 1. The number of esters is 1. The first kappa shape index (κ1) is 17.3. The van der Waals surface area contributed by atoms with Gasteiger partial charge in [0.1, 0.15) is 11.3 Å². The fourth-order valence-corrected chi connectivity index (χ4v) is 2.51. The van der Waals surface area contributed by atoms with E-state index in [1.807, 2.05) is 37.3 Å². The number of carbonyl (C=O) groups excluding carboxylic acids is 1. The summed E-state index contributed by atoms with van der Waals surface area (Å²) in [6.45, 7) is 4.03. The van der Waals surface area contributed by atoms with Gasteiger partial charge in [-0.05, 0) is 31.9 Å². The maximum Gasteiger partial charge on any atom is 0.344 e. The third kappa shape index (κ3) is 5.55. The highest BCUT2D eigenvalue weighted by Gasteiger charge is 2.11. The number of aromatic nitrogens is 1. The van der Waals surface area contributed by atoms with Gasteiger partial charge in [-0.15, -0.1) is 0 Å². The number of benzene rings is 1. The topological polar surface area (TPSA) is 48.4 Å². The van der Waals surface area contributed by atoms with Crippen LogP contribution in [0.1, 0.15) is 46.0 Å². The second-order valence-corrected chi connectivity index (χ2v) is 5.77. The molecule has 0 radical (unpaired) electrons. The van der Waals surface area contributed by atoms with Crippen molar-refractivity contribution in [1.29, 1.82) is 0 Å². The first-order chi connectivity index (χ1) is 11.2. The highest BCUT2D eigenvalue weighted by molar-refractivity contribution is 5.84. The zero-order chi connectivity index (χ0) is 16.5. The minimum Gasteiger partial charge on any atom is -0.480 e. The summed E-state index contributed by atoms with van der Waals surface area (Å²) in [6, 6.07) is 9.51. The molecule has 2 rings (SSSR count). The molecule has 0 aliphatic rings. The van der Waals surface area contributed by atoms with Crippen LogP contribution in [0.4, 0.5) is 0 Å². The van der Waals surface area contributed by atoms with E-state index < -0.39 is 0 Å². The lowest BCUT2D eigenvalue weighted by Gasteiger charge is -2.14. The molecule has 1 aromatic carbocycles. The number of para-hydroxylation sites is 1. The van der Waals surface area contributed by atoms with Crippen molar-refractivity contribution >= 4 is 16.9 Å². The molecule has 0 saturated heterocycles. The lowest BCUT2D eigenvalue weighted by atomic mass is 10.1. The number of hydrogen-bond donors (Lipinski definition) is 0. The molecule has 0 amide bonds. The maximum atomic E-state index is 11.9. The molecule has 23 heavy (non-hydrogen) atoms. The van der Waals surface area contributed by atoms with Crippen LogP contribution >= 0.6 is 0 Å². The van der Waals surface area contributed by atoms with Crippen LogP contribution in [0, 0.1) is 0 Å². The Morgan fingerprint density at radius 3 is 2.83 bits per heavy atom. The number of pyridine rings is 1. The van der Waals surface area contributed by atoms with Crippen LogP contribution in [0.15, 0.2) is 36.5 Å². The fraction of sp³-hybridized carbons (Fsp3) is 0.474. The van der Waals surface area contributed by atoms with Gasteiger partial charge in [-0.3, -0.25) is 4.98 Å². The number of unbranched alkanes of at least 4 members (excludes halogenated alkanes) is 3. The number of nitrogens with zero attached hydrogens (tertiary/aromatic N) is 1. The lowest BCUT2D eigenvalue weighted by Crippen LogP contribution is -2.20. The van der Waals surface area contributed by atoms with Crippen molar-refractivity contribution in [3.8, 4) is 5.75 Å². The van der Waals surface area contributed by atoms with E-state index in [4.69, 9.17) is 9.47 Å². The van der Waals surface area contributed by atoms with Crippen LogP contribution in [0.3, 0.4) is 0 Å². The molecule has 0 spiro atoms. The summed E-state index contributed by atoms with van der Waals surface area (Å²) in [4.78, 5) is 16.2. The van der Waals surface area contributed by atoms with Crippen LogP contribution in [0.25, 0.3) is 10.9 Å². The number of ether oxygens (including phenoxy) is 2. The van der Waals surface area contributed by atoms with Gasteiger partial charge < -0.3 is 9.47 Å². The fourth-order valence-electron chi connectivity index (χ4n) is 2.51. The van der Waals surface area contributed by atoms with Crippen LogP contribution in [0.5, 0.6) is 5.75 Å². The number of hydrogen-bond acceptors (Lipinski definition) is 4. The summed E-state index contributed by atoms with van der Waals surface area (Å²) in [5.41, 5.74) is 0.760. The molecule has 0 N–H and O–H groups in total. The molecular formula is C19H25NO3. The molecule has 0 saturated carbocycles. The van der Waals surface area contributed by atoms with Crippen molar-refractivity contribution in [2.24, 2.45) is 0 Å². The molecule has 1 unspecified atom stereocenters. The highest BCUT2D eigenvalue weighted by Crippen LogP contribution is 2.22. The molecule has 0 fully saturated rings. The molecule has 2 aromatic rings. The van der Waals surface area contributed by atoms with Crippen LogP contribution in [-0.4, -0.2) is 23.7 Å². The summed E-state index contributed by atoms with van der Waals surface area (Å²) in [5, 5.41) is 0.989. The van der Waals surface area contributed by atoms with Crippen molar-refractivity contribution in [1.82, 2.24) is 4.98 Å². The van der Waals surface area contributed by atoms with E-state index in [-0.39, 0.29) is 18.7 Å². The SMILES string of the molecule is CCCCCCC(C)OC(=O)COc1cccc2cccnc12. The molecule has 0 aliphatic carbocycles. The van der Waals surface area contributed by atoms with Crippen molar-refractivity contribution < 1.29 is 14.3 Å². The average molecular weight is 315 g/mol. The summed E-state index contributed by atoms with van der Waals surface area (Å²) in [5.74, 6) is 0.275. The Morgan fingerprint density at radius 2 is 2.00 bits per heavy atom. The predicted octanol–water partition coefficient (Wildman–Crippen LogP) is 4.52. The molecule has 4 heteroatoms. The molecule has 1 heterocycles. The number of carbonyl (C=O) groups is 1. The van der Waals surface area contributed by atoms with Gasteiger partial charge in [-0.1, -0.05) is 44.4 Å². The van der Waals surface area contributed by atoms with Crippen molar-refractivity contribution in [2.45, 2.75) is 52.1 Å². The summed E-state index contributed by atoms with van der Waals surface area (Å²) in [7, 11) is 0.